The van der Waals surface area contributed by atoms with Crippen molar-refractivity contribution in [1.29, 1.82) is 0 Å². The molecule has 1 aliphatic heterocycles. The van der Waals surface area contributed by atoms with Gasteiger partial charge in [0.1, 0.15) is 5.76 Å². The number of rotatable bonds is 4. The van der Waals surface area contributed by atoms with Crippen LogP contribution < -0.4 is 5.73 Å². The van der Waals surface area contributed by atoms with Crippen LogP contribution in [0.5, 0.6) is 0 Å². The quantitative estimate of drug-likeness (QED) is 0.811. The summed E-state index contributed by atoms with van der Waals surface area (Å²) in [5, 5.41) is 0. The van der Waals surface area contributed by atoms with E-state index in [-0.39, 0.29) is 6.04 Å². The molecule has 1 aromatic rings. The molecule has 0 radical (unpaired) electrons. The Morgan fingerprint density at radius 2 is 2.47 bits per heavy atom. The number of nitrogens with two attached hydrogens (primary N) is 1. The zero-order chi connectivity index (χ0) is 10.5. The Kier molecular flexibility index (Phi) is 3.35. The first-order valence-electron chi connectivity index (χ1n) is 5.33. The molecule has 2 rings (SSSR count). The summed E-state index contributed by atoms with van der Waals surface area (Å²) in [5.74, 6) is 0.957. The lowest BCUT2D eigenvalue weighted by Gasteiger charge is -2.12. The molecule has 1 atom stereocenters. The lowest BCUT2D eigenvalue weighted by atomic mass is 10.1. The minimum Gasteiger partial charge on any atom is -0.496 e. The van der Waals surface area contributed by atoms with Crippen LogP contribution in [0.15, 0.2) is 36.4 Å². The molecule has 80 valence electrons. The highest BCUT2D eigenvalue weighted by Gasteiger charge is 2.14. The predicted molar refractivity (Wildman–Crippen MR) is 59.2 cm³/mol. The molecule has 15 heavy (non-hydrogen) atoms. The highest BCUT2D eigenvalue weighted by molar-refractivity contribution is 5.11. The third-order valence-electron chi connectivity index (χ3n) is 2.56. The predicted octanol–water partition coefficient (Wildman–Crippen LogP) is 1.65. The number of aromatic nitrogens is 1. The summed E-state index contributed by atoms with van der Waals surface area (Å²) >= 11 is 0. The summed E-state index contributed by atoms with van der Waals surface area (Å²) in [6.07, 6.45) is 8.62. The van der Waals surface area contributed by atoms with E-state index in [4.69, 9.17) is 10.5 Å². The van der Waals surface area contributed by atoms with Crippen molar-refractivity contribution in [3.05, 3.63) is 41.9 Å². The summed E-state index contributed by atoms with van der Waals surface area (Å²) in [4.78, 5) is 4.07. The monoisotopic (exact) mass is 204 g/mol. The van der Waals surface area contributed by atoms with Crippen LogP contribution in [0.1, 0.15) is 18.4 Å². The Balaban J connectivity index is 1.83. The van der Waals surface area contributed by atoms with Crippen molar-refractivity contribution in [2.24, 2.45) is 5.73 Å². The van der Waals surface area contributed by atoms with E-state index in [1.807, 2.05) is 12.3 Å². The topological polar surface area (TPSA) is 48.1 Å². The highest BCUT2D eigenvalue weighted by atomic mass is 16.5. The van der Waals surface area contributed by atoms with Gasteiger partial charge in [-0.3, -0.25) is 4.98 Å². The normalized spacial score (nSPS) is 17.0. The second-order valence-corrected chi connectivity index (χ2v) is 3.75. The van der Waals surface area contributed by atoms with Crippen LogP contribution in [-0.4, -0.2) is 17.6 Å². The lowest BCUT2D eigenvalue weighted by Crippen LogP contribution is -2.23. The van der Waals surface area contributed by atoms with Crippen molar-refractivity contribution in [2.75, 3.05) is 6.61 Å². The third kappa shape index (κ3) is 2.80. The van der Waals surface area contributed by atoms with Gasteiger partial charge < -0.3 is 10.5 Å². The smallest absolute Gasteiger partial charge is 0.109 e. The molecule has 0 fully saturated rings. The number of hydrogen-bond acceptors (Lipinski definition) is 3. The molecule has 0 amide bonds. The molecule has 2 heterocycles. The van der Waals surface area contributed by atoms with Gasteiger partial charge in [-0.05, 0) is 30.5 Å². The molecule has 1 aromatic heterocycles. The molecule has 1 unspecified atom stereocenters. The van der Waals surface area contributed by atoms with Gasteiger partial charge in [0, 0.05) is 18.8 Å². The van der Waals surface area contributed by atoms with E-state index >= 15 is 0 Å². The largest absolute Gasteiger partial charge is 0.496 e. The van der Waals surface area contributed by atoms with Gasteiger partial charge in [0.05, 0.1) is 12.6 Å². The molecular formula is C12H16N2O. The summed E-state index contributed by atoms with van der Waals surface area (Å²) in [6.45, 7) is 0.788. The van der Waals surface area contributed by atoms with Crippen LogP contribution in [0.3, 0.4) is 0 Å². The summed E-state index contributed by atoms with van der Waals surface area (Å²) in [6, 6.07) is 4.06. The maximum absolute atomic E-state index is 6.01. The van der Waals surface area contributed by atoms with E-state index in [0.717, 1.165) is 31.6 Å². The van der Waals surface area contributed by atoms with E-state index in [0.29, 0.717) is 0 Å². The van der Waals surface area contributed by atoms with Gasteiger partial charge in [-0.15, -0.1) is 0 Å². The second-order valence-electron chi connectivity index (χ2n) is 3.75. The molecule has 0 bridgehead atoms. The first-order valence-corrected chi connectivity index (χ1v) is 5.33. The molecule has 0 saturated heterocycles. The highest BCUT2D eigenvalue weighted by Crippen LogP contribution is 2.15. The molecule has 3 nitrogen and oxygen atoms in total. The number of nitrogens with zero attached hydrogens (tertiary/aromatic N) is 1. The van der Waals surface area contributed by atoms with Crippen LogP contribution in [0.25, 0.3) is 0 Å². The fourth-order valence-corrected chi connectivity index (χ4v) is 1.71. The standard InChI is InChI=1S/C12H16N2O/c13-11(12-4-2-8-15-12)6-5-10-3-1-7-14-9-10/h1,3-4,7,9,11H,2,5-6,8,13H2. The maximum atomic E-state index is 6.01. The van der Waals surface area contributed by atoms with Crippen molar-refractivity contribution in [2.45, 2.75) is 25.3 Å². The molecule has 0 aliphatic carbocycles. The number of ether oxygens (including phenoxy) is 1. The molecule has 1 aliphatic rings. The van der Waals surface area contributed by atoms with E-state index in [9.17, 15) is 0 Å². The zero-order valence-electron chi connectivity index (χ0n) is 8.73. The van der Waals surface area contributed by atoms with Crippen molar-refractivity contribution in [3.63, 3.8) is 0 Å². The molecule has 3 heteroatoms. The van der Waals surface area contributed by atoms with Crippen LogP contribution in [0, 0.1) is 0 Å². The first kappa shape index (κ1) is 10.2. The Morgan fingerprint density at radius 3 is 3.13 bits per heavy atom. The second kappa shape index (κ2) is 4.94. The zero-order valence-corrected chi connectivity index (χ0v) is 8.73. The van der Waals surface area contributed by atoms with E-state index in [1.165, 1.54) is 5.56 Å². The number of pyridine rings is 1. The molecule has 0 aromatic carbocycles. The summed E-state index contributed by atoms with van der Waals surface area (Å²) < 4.78 is 5.42. The van der Waals surface area contributed by atoms with Gasteiger partial charge in [-0.2, -0.15) is 0 Å². The van der Waals surface area contributed by atoms with Gasteiger partial charge >= 0.3 is 0 Å². The van der Waals surface area contributed by atoms with Crippen LogP contribution in [0.2, 0.25) is 0 Å². The van der Waals surface area contributed by atoms with Crippen LogP contribution in [-0.2, 0) is 11.2 Å². The Morgan fingerprint density at radius 1 is 1.53 bits per heavy atom. The van der Waals surface area contributed by atoms with Crippen molar-refractivity contribution >= 4 is 0 Å². The van der Waals surface area contributed by atoms with E-state index in [1.54, 1.807) is 6.20 Å². The maximum Gasteiger partial charge on any atom is 0.109 e. The SMILES string of the molecule is NC(CCc1cccnc1)C1=CCCO1. The number of hydrogen-bond donors (Lipinski definition) is 1. The first-order chi connectivity index (χ1) is 7.36. The third-order valence-corrected chi connectivity index (χ3v) is 2.56. The van der Waals surface area contributed by atoms with Crippen molar-refractivity contribution < 1.29 is 4.74 Å². The van der Waals surface area contributed by atoms with Crippen molar-refractivity contribution in [1.82, 2.24) is 4.98 Å². The van der Waals surface area contributed by atoms with Crippen LogP contribution >= 0.6 is 0 Å². The van der Waals surface area contributed by atoms with Gasteiger partial charge in [0.15, 0.2) is 0 Å². The Bertz CT molecular complexity index is 335. The van der Waals surface area contributed by atoms with Gasteiger partial charge in [-0.25, -0.2) is 0 Å². The van der Waals surface area contributed by atoms with Gasteiger partial charge in [0.2, 0.25) is 0 Å². The summed E-state index contributed by atoms with van der Waals surface area (Å²) in [7, 11) is 0. The summed E-state index contributed by atoms with van der Waals surface area (Å²) in [5.41, 5.74) is 7.24. The average Bonchev–Trinajstić information content (AvgIpc) is 2.81. The molecular weight excluding hydrogens is 188 g/mol. The van der Waals surface area contributed by atoms with Gasteiger partial charge in [0.25, 0.3) is 0 Å². The minimum absolute atomic E-state index is 0.0349. The molecule has 2 N–H and O–H groups in total. The van der Waals surface area contributed by atoms with Crippen molar-refractivity contribution in [3.8, 4) is 0 Å². The minimum atomic E-state index is 0.0349. The van der Waals surface area contributed by atoms with Gasteiger partial charge in [-0.1, -0.05) is 6.07 Å². The Labute approximate surface area is 90.0 Å². The molecule has 0 saturated carbocycles. The van der Waals surface area contributed by atoms with Crippen LogP contribution in [0.4, 0.5) is 0 Å². The average molecular weight is 204 g/mol. The number of aryl methyl sites for hydroxylation is 1. The van der Waals surface area contributed by atoms with E-state index in [2.05, 4.69) is 17.1 Å². The fourth-order valence-electron chi connectivity index (χ4n) is 1.71. The van der Waals surface area contributed by atoms with E-state index < -0.39 is 0 Å². The Hall–Kier alpha value is -1.35. The molecule has 0 spiro atoms. The fraction of sp³-hybridized carbons (Fsp3) is 0.417. The lowest BCUT2D eigenvalue weighted by molar-refractivity contribution is 0.222.